The molecule has 2 fully saturated rings. The highest BCUT2D eigenvalue weighted by Gasteiger charge is 2.38. The Kier molecular flexibility index (Phi) is 5.34. The van der Waals surface area contributed by atoms with E-state index in [0.717, 1.165) is 23.8 Å². The molecule has 0 saturated heterocycles. The lowest BCUT2D eigenvalue weighted by molar-refractivity contribution is 0.304. The number of hydrogen-bond acceptors (Lipinski definition) is 1. The molecule has 0 spiro atoms. The fourth-order valence-corrected chi connectivity index (χ4v) is 3.96. The van der Waals surface area contributed by atoms with Crippen LogP contribution >= 0.6 is 0 Å². The normalized spacial score (nSPS) is 33.2. The molecule has 0 aromatic carbocycles. The van der Waals surface area contributed by atoms with Gasteiger partial charge in [0.2, 0.25) is 0 Å². The van der Waals surface area contributed by atoms with E-state index in [4.69, 9.17) is 0 Å². The zero-order valence-electron chi connectivity index (χ0n) is 11.9. The Morgan fingerprint density at radius 2 is 2.00 bits per heavy atom. The Morgan fingerprint density at radius 1 is 1.12 bits per heavy atom. The topological polar surface area (TPSA) is 12.0 Å². The number of unbranched alkanes of at least 4 members (excludes halogenated alkanes) is 3. The number of rotatable bonds is 8. The highest BCUT2D eigenvalue weighted by atomic mass is 14.9. The molecule has 0 aromatic heterocycles. The second kappa shape index (κ2) is 6.78. The molecule has 0 aliphatic heterocycles. The van der Waals surface area contributed by atoms with Crippen molar-refractivity contribution < 1.29 is 0 Å². The summed E-state index contributed by atoms with van der Waals surface area (Å²) in [7, 11) is 0. The maximum absolute atomic E-state index is 3.79. The van der Waals surface area contributed by atoms with Gasteiger partial charge in [0, 0.05) is 6.04 Å². The minimum absolute atomic E-state index is 0.742. The average molecular weight is 237 g/mol. The van der Waals surface area contributed by atoms with Gasteiger partial charge in [-0.15, -0.1) is 0 Å². The maximum Gasteiger partial charge on any atom is 0.00388 e. The van der Waals surface area contributed by atoms with E-state index in [0.29, 0.717) is 0 Å². The van der Waals surface area contributed by atoms with Crippen LogP contribution in [0, 0.1) is 17.8 Å². The molecule has 100 valence electrons. The van der Waals surface area contributed by atoms with Crippen LogP contribution in [0.3, 0.4) is 0 Å². The maximum atomic E-state index is 3.79. The first-order valence-corrected chi connectivity index (χ1v) is 8.03. The Bertz CT molecular complexity index is 214. The van der Waals surface area contributed by atoms with Crippen molar-refractivity contribution in [2.24, 2.45) is 17.8 Å². The first kappa shape index (κ1) is 13.4. The Labute approximate surface area is 108 Å². The monoisotopic (exact) mass is 237 g/mol. The first-order valence-electron chi connectivity index (χ1n) is 8.03. The molecule has 4 atom stereocenters. The van der Waals surface area contributed by atoms with Gasteiger partial charge in [-0.2, -0.15) is 0 Å². The summed E-state index contributed by atoms with van der Waals surface area (Å²) in [6, 6.07) is 0.742. The molecule has 2 saturated carbocycles. The van der Waals surface area contributed by atoms with Crippen LogP contribution in [0.5, 0.6) is 0 Å². The van der Waals surface area contributed by atoms with Crippen LogP contribution in [0.4, 0.5) is 0 Å². The Balaban J connectivity index is 1.52. The van der Waals surface area contributed by atoms with E-state index in [-0.39, 0.29) is 0 Å². The van der Waals surface area contributed by atoms with Gasteiger partial charge < -0.3 is 5.32 Å². The van der Waals surface area contributed by atoms with Gasteiger partial charge in [-0.25, -0.2) is 0 Å². The molecule has 4 unspecified atom stereocenters. The van der Waals surface area contributed by atoms with Crippen molar-refractivity contribution in [3.63, 3.8) is 0 Å². The molecule has 1 N–H and O–H groups in total. The summed E-state index contributed by atoms with van der Waals surface area (Å²) in [5.41, 5.74) is 0. The minimum atomic E-state index is 0.742. The highest BCUT2D eigenvalue weighted by Crippen LogP contribution is 2.47. The summed E-state index contributed by atoms with van der Waals surface area (Å²) >= 11 is 0. The van der Waals surface area contributed by atoms with E-state index in [2.05, 4.69) is 19.2 Å². The van der Waals surface area contributed by atoms with Crippen LogP contribution in [0.15, 0.2) is 0 Å². The van der Waals surface area contributed by atoms with E-state index in [9.17, 15) is 0 Å². The molecule has 2 bridgehead atoms. The van der Waals surface area contributed by atoms with Crippen molar-refractivity contribution in [2.45, 2.75) is 77.7 Å². The van der Waals surface area contributed by atoms with Crippen LogP contribution < -0.4 is 5.32 Å². The number of hydrogen-bond donors (Lipinski definition) is 1. The summed E-state index contributed by atoms with van der Waals surface area (Å²) in [6.07, 6.45) is 13.1. The van der Waals surface area contributed by atoms with Crippen molar-refractivity contribution in [3.8, 4) is 0 Å². The third-order valence-electron chi connectivity index (χ3n) is 5.10. The van der Waals surface area contributed by atoms with Crippen molar-refractivity contribution in [2.75, 3.05) is 6.54 Å². The largest absolute Gasteiger partial charge is 0.314 e. The molecule has 2 aliphatic rings. The summed E-state index contributed by atoms with van der Waals surface area (Å²) < 4.78 is 0. The highest BCUT2D eigenvalue weighted by molar-refractivity contribution is 4.91. The van der Waals surface area contributed by atoms with Crippen molar-refractivity contribution in [1.82, 2.24) is 5.32 Å². The summed E-state index contributed by atoms with van der Waals surface area (Å²) in [5.74, 6) is 3.21. The summed E-state index contributed by atoms with van der Waals surface area (Å²) in [6.45, 7) is 5.96. The van der Waals surface area contributed by atoms with Crippen LogP contribution in [-0.4, -0.2) is 12.6 Å². The van der Waals surface area contributed by atoms with Crippen molar-refractivity contribution in [1.29, 1.82) is 0 Å². The molecule has 0 aromatic rings. The van der Waals surface area contributed by atoms with Gasteiger partial charge in [0.05, 0.1) is 0 Å². The molecule has 1 nitrogen and oxygen atoms in total. The average Bonchev–Trinajstić information content (AvgIpc) is 2.94. The van der Waals surface area contributed by atoms with Crippen LogP contribution in [0.25, 0.3) is 0 Å². The van der Waals surface area contributed by atoms with Gasteiger partial charge >= 0.3 is 0 Å². The van der Waals surface area contributed by atoms with Gasteiger partial charge in [0.15, 0.2) is 0 Å². The Morgan fingerprint density at radius 3 is 2.65 bits per heavy atom. The predicted molar refractivity (Wildman–Crippen MR) is 75.2 cm³/mol. The Hall–Kier alpha value is -0.0400. The molecule has 2 rings (SSSR count). The lowest BCUT2D eigenvalue weighted by Crippen LogP contribution is -2.33. The van der Waals surface area contributed by atoms with Gasteiger partial charge in [-0.05, 0) is 56.9 Å². The zero-order valence-corrected chi connectivity index (χ0v) is 11.9. The molecule has 0 heterocycles. The zero-order chi connectivity index (χ0) is 12.1. The van der Waals surface area contributed by atoms with E-state index >= 15 is 0 Å². The van der Waals surface area contributed by atoms with Crippen LogP contribution in [0.2, 0.25) is 0 Å². The molecule has 0 amide bonds. The second-order valence-electron chi connectivity index (χ2n) is 6.59. The van der Waals surface area contributed by atoms with Gasteiger partial charge in [0.25, 0.3) is 0 Å². The molecule has 17 heavy (non-hydrogen) atoms. The lowest BCUT2D eigenvalue weighted by Gasteiger charge is -2.24. The fraction of sp³-hybridized carbons (Fsp3) is 1.00. The molecule has 1 heteroatoms. The minimum Gasteiger partial charge on any atom is -0.314 e. The van der Waals surface area contributed by atoms with Crippen molar-refractivity contribution in [3.05, 3.63) is 0 Å². The van der Waals surface area contributed by atoms with Crippen molar-refractivity contribution >= 4 is 0 Å². The fourth-order valence-electron chi connectivity index (χ4n) is 3.96. The van der Waals surface area contributed by atoms with E-state index in [1.165, 1.54) is 57.9 Å². The summed E-state index contributed by atoms with van der Waals surface area (Å²) in [4.78, 5) is 0. The van der Waals surface area contributed by atoms with E-state index < -0.39 is 0 Å². The van der Waals surface area contributed by atoms with E-state index in [1.807, 2.05) is 0 Å². The van der Waals surface area contributed by atoms with Crippen LogP contribution in [-0.2, 0) is 0 Å². The molecule has 0 radical (unpaired) electrons. The van der Waals surface area contributed by atoms with Crippen LogP contribution in [0.1, 0.15) is 71.6 Å². The summed E-state index contributed by atoms with van der Waals surface area (Å²) in [5, 5.41) is 3.79. The number of nitrogens with one attached hydrogen (secondary N) is 1. The standard InChI is InChI=1S/C16H31N/c1-3-4-5-6-7-13(2)17-12-16-11-14-8-9-15(16)10-14/h13-17H,3-12H2,1-2H3. The van der Waals surface area contributed by atoms with Gasteiger partial charge in [-0.1, -0.05) is 39.0 Å². The first-order chi connectivity index (χ1) is 8.29. The van der Waals surface area contributed by atoms with Gasteiger partial charge in [0.1, 0.15) is 0 Å². The van der Waals surface area contributed by atoms with Gasteiger partial charge in [-0.3, -0.25) is 0 Å². The third-order valence-corrected chi connectivity index (χ3v) is 5.10. The smallest absolute Gasteiger partial charge is 0.00388 e. The quantitative estimate of drug-likeness (QED) is 0.618. The predicted octanol–water partition coefficient (Wildman–Crippen LogP) is 4.37. The molecular weight excluding hydrogens is 206 g/mol. The van der Waals surface area contributed by atoms with E-state index in [1.54, 1.807) is 6.42 Å². The number of fused-ring (bicyclic) bond motifs is 2. The SMILES string of the molecule is CCCCCCC(C)NCC1CC2CCC1C2. The molecular formula is C16H31N. The third kappa shape index (κ3) is 3.98. The second-order valence-corrected chi connectivity index (χ2v) is 6.59. The molecule has 2 aliphatic carbocycles. The lowest BCUT2D eigenvalue weighted by atomic mass is 9.88.